The van der Waals surface area contributed by atoms with Crippen molar-refractivity contribution in [3.05, 3.63) is 0 Å². The molecule has 0 aromatic carbocycles. The number of aliphatic hydroxyl groups is 1. The molecule has 1 N–H and O–H groups in total. The lowest BCUT2D eigenvalue weighted by atomic mass is 9.78. The highest BCUT2D eigenvalue weighted by Gasteiger charge is 2.66. The number of methoxy groups -OCH3 is 2. The Hall–Kier alpha value is -0.980. The molecule has 1 aliphatic carbocycles. The van der Waals surface area contributed by atoms with E-state index >= 15 is 0 Å². The van der Waals surface area contributed by atoms with Gasteiger partial charge in [0.1, 0.15) is 6.29 Å². The van der Waals surface area contributed by atoms with Gasteiger partial charge in [0.2, 0.25) is 0 Å². The predicted molar refractivity (Wildman–Crippen MR) is 87.2 cm³/mol. The van der Waals surface area contributed by atoms with Crippen LogP contribution in [0.15, 0.2) is 0 Å². The van der Waals surface area contributed by atoms with Gasteiger partial charge in [-0.3, -0.25) is 4.79 Å². The first-order chi connectivity index (χ1) is 11.4. The lowest BCUT2D eigenvalue weighted by molar-refractivity contribution is -0.324. The van der Waals surface area contributed by atoms with Crippen molar-refractivity contribution in [3.63, 3.8) is 0 Å². The minimum absolute atomic E-state index is 0.0146. The van der Waals surface area contributed by atoms with Gasteiger partial charge in [-0.1, -0.05) is 6.92 Å². The zero-order valence-electron chi connectivity index (χ0n) is 15.0. The molecule has 2 fully saturated rings. The van der Waals surface area contributed by atoms with Crippen molar-refractivity contribution in [3.8, 4) is 0 Å². The molecular formula is C18H30O6. The average Bonchev–Trinajstić information content (AvgIpc) is 3.36. The van der Waals surface area contributed by atoms with Gasteiger partial charge < -0.3 is 24.1 Å². The van der Waals surface area contributed by atoms with Crippen molar-refractivity contribution in [1.29, 1.82) is 0 Å². The molecule has 1 saturated carbocycles. The highest BCUT2D eigenvalue weighted by Crippen LogP contribution is 2.62. The van der Waals surface area contributed by atoms with Crippen molar-refractivity contribution in [2.24, 2.45) is 11.3 Å². The van der Waals surface area contributed by atoms with Crippen LogP contribution in [0.5, 0.6) is 0 Å². The summed E-state index contributed by atoms with van der Waals surface area (Å²) in [6.45, 7) is 2.16. The average molecular weight is 342 g/mol. The highest BCUT2D eigenvalue weighted by atomic mass is 16.7. The van der Waals surface area contributed by atoms with Crippen LogP contribution in [-0.4, -0.2) is 49.6 Å². The van der Waals surface area contributed by atoms with E-state index < -0.39 is 17.3 Å². The molecule has 6 heteroatoms. The van der Waals surface area contributed by atoms with E-state index in [2.05, 4.69) is 11.7 Å². The third kappa shape index (κ3) is 3.81. The maximum atomic E-state index is 11.3. The number of hydrogen-bond donors (Lipinski definition) is 1. The number of rotatable bonds is 9. The van der Waals surface area contributed by atoms with Gasteiger partial charge in [-0.25, -0.2) is 0 Å². The molecule has 1 heterocycles. The fourth-order valence-electron chi connectivity index (χ4n) is 4.18. The van der Waals surface area contributed by atoms with E-state index in [0.717, 1.165) is 32.0 Å². The van der Waals surface area contributed by atoms with Crippen LogP contribution >= 0.6 is 0 Å². The summed E-state index contributed by atoms with van der Waals surface area (Å²) in [5.41, 5.74) is -0.488. The standard InChI is InChI=1S/C18H30O6/c1-13-11-14(5-4-6-16(21)22-2)24-18(12-13,23-3)17(8-9-17)15(20)7-10-19/h10,13-15,20H,4-9,11-12H2,1-3H3/t13-,14+,15+,18+/m1/s1. The summed E-state index contributed by atoms with van der Waals surface area (Å²) in [5, 5.41) is 10.5. The maximum Gasteiger partial charge on any atom is 0.305 e. The third-order valence-corrected chi connectivity index (χ3v) is 5.61. The third-order valence-electron chi connectivity index (χ3n) is 5.61. The lowest BCUT2D eigenvalue weighted by Gasteiger charge is -2.49. The molecule has 0 unspecified atom stereocenters. The second-order valence-electron chi connectivity index (χ2n) is 7.28. The molecule has 1 saturated heterocycles. The molecular weight excluding hydrogens is 312 g/mol. The van der Waals surface area contributed by atoms with Crippen LogP contribution in [0, 0.1) is 11.3 Å². The fraction of sp³-hybridized carbons (Fsp3) is 0.889. The van der Waals surface area contributed by atoms with E-state index in [0.29, 0.717) is 25.2 Å². The Balaban J connectivity index is 2.06. The van der Waals surface area contributed by atoms with Crippen LogP contribution in [0.25, 0.3) is 0 Å². The topological polar surface area (TPSA) is 82.1 Å². The lowest BCUT2D eigenvalue weighted by Crippen LogP contribution is -2.55. The van der Waals surface area contributed by atoms with Crippen molar-refractivity contribution < 1.29 is 28.9 Å². The molecule has 1 aliphatic heterocycles. The largest absolute Gasteiger partial charge is 0.469 e. The van der Waals surface area contributed by atoms with Gasteiger partial charge in [0.05, 0.1) is 24.7 Å². The van der Waals surface area contributed by atoms with Gasteiger partial charge in [0.25, 0.3) is 0 Å². The second-order valence-corrected chi connectivity index (χ2v) is 7.28. The second kappa shape index (κ2) is 7.93. The minimum Gasteiger partial charge on any atom is -0.469 e. The van der Waals surface area contributed by atoms with Crippen LogP contribution in [0.1, 0.15) is 58.3 Å². The number of aliphatic hydroxyl groups excluding tert-OH is 1. The number of carbonyl (C=O) groups is 2. The quantitative estimate of drug-likeness (QED) is 0.511. The van der Waals surface area contributed by atoms with Crippen LogP contribution in [0.2, 0.25) is 0 Å². The monoisotopic (exact) mass is 342 g/mol. The zero-order chi connectivity index (χ0) is 17.8. The van der Waals surface area contributed by atoms with E-state index in [1.807, 2.05) is 0 Å². The number of hydrogen-bond acceptors (Lipinski definition) is 6. The molecule has 0 amide bonds. The Morgan fingerprint density at radius 3 is 2.67 bits per heavy atom. The van der Waals surface area contributed by atoms with Crippen LogP contribution in [0.4, 0.5) is 0 Å². The first-order valence-electron chi connectivity index (χ1n) is 8.84. The Morgan fingerprint density at radius 2 is 2.12 bits per heavy atom. The fourth-order valence-corrected chi connectivity index (χ4v) is 4.18. The Bertz CT molecular complexity index is 447. The van der Waals surface area contributed by atoms with Gasteiger partial charge in [0, 0.05) is 26.4 Å². The number of ether oxygens (including phenoxy) is 3. The molecule has 4 atom stereocenters. The first kappa shape index (κ1) is 19.3. The number of esters is 1. The first-order valence-corrected chi connectivity index (χ1v) is 8.84. The summed E-state index contributed by atoms with van der Waals surface area (Å²) in [5.74, 6) is -0.664. The van der Waals surface area contributed by atoms with E-state index in [4.69, 9.17) is 9.47 Å². The summed E-state index contributed by atoms with van der Waals surface area (Å²) in [7, 11) is 3.01. The van der Waals surface area contributed by atoms with E-state index in [1.54, 1.807) is 7.11 Å². The van der Waals surface area contributed by atoms with Crippen molar-refractivity contribution in [2.45, 2.75) is 76.3 Å². The molecule has 0 radical (unpaired) electrons. The number of aldehydes is 1. The molecule has 2 rings (SSSR count). The molecule has 6 nitrogen and oxygen atoms in total. The molecule has 0 aromatic heterocycles. The van der Waals surface area contributed by atoms with Crippen molar-refractivity contribution in [1.82, 2.24) is 0 Å². The smallest absolute Gasteiger partial charge is 0.305 e. The summed E-state index contributed by atoms with van der Waals surface area (Å²) in [6.07, 6.45) is 5.18. The Labute approximate surface area is 143 Å². The summed E-state index contributed by atoms with van der Waals surface area (Å²) < 4.78 is 16.9. The zero-order valence-corrected chi connectivity index (χ0v) is 15.0. The van der Waals surface area contributed by atoms with Crippen LogP contribution in [-0.2, 0) is 23.8 Å². The summed E-state index contributed by atoms with van der Waals surface area (Å²) in [6, 6.07) is 0. The molecule has 138 valence electrons. The van der Waals surface area contributed by atoms with Crippen LogP contribution < -0.4 is 0 Å². The normalized spacial score (nSPS) is 32.8. The summed E-state index contributed by atoms with van der Waals surface area (Å²) >= 11 is 0. The molecule has 24 heavy (non-hydrogen) atoms. The predicted octanol–water partition coefficient (Wildman–Crippen LogP) is 2.22. The molecule has 0 spiro atoms. The van der Waals surface area contributed by atoms with Crippen molar-refractivity contribution >= 4 is 12.3 Å². The maximum absolute atomic E-state index is 11.3. The van der Waals surface area contributed by atoms with Gasteiger partial charge >= 0.3 is 5.97 Å². The van der Waals surface area contributed by atoms with Gasteiger partial charge in [-0.05, 0) is 38.0 Å². The Kier molecular flexibility index (Phi) is 6.39. The van der Waals surface area contributed by atoms with Gasteiger partial charge in [-0.15, -0.1) is 0 Å². The van der Waals surface area contributed by atoms with Crippen LogP contribution in [0.3, 0.4) is 0 Å². The van der Waals surface area contributed by atoms with Crippen molar-refractivity contribution in [2.75, 3.05) is 14.2 Å². The Morgan fingerprint density at radius 1 is 1.42 bits per heavy atom. The summed E-state index contributed by atoms with van der Waals surface area (Å²) in [4.78, 5) is 22.1. The highest BCUT2D eigenvalue weighted by molar-refractivity contribution is 5.68. The molecule has 0 bridgehead atoms. The SMILES string of the molecule is COC(=O)CCC[C@H]1C[C@@H](C)C[C@@](OC)(C2([C@@H](O)CC=O)CC2)O1. The van der Waals surface area contributed by atoms with Gasteiger partial charge in [-0.2, -0.15) is 0 Å². The van der Waals surface area contributed by atoms with E-state index in [1.165, 1.54) is 7.11 Å². The minimum atomic E-state index is -0.844. The molecule has 0 aromatic rings. The van der Waals surface area contributed by atoms with E-state index in [-0.39, 0.29) is 18.5 Å². The van der Waals surface area contributed by atoms with Gasteiger partial charge in [0.15, 0.2) is 5.79 Å². The number of carbonyl (C=O) groups excluding carboxylic acids is 2. The molecule has 2 aliphatic rings. The van der Waals surface area contributed by atoms with E-state index in [9.17, 15) is 14.7 Å².